The summed E-state index contributed by atoms with van der Waals surface area (Å²) in [5.74, 6) is -1.13. The maximum atomic E-state index is 11.4. The van der Waals surface area contributed by atoms with Gasteiger partial charge in [-0.05, 0) is 32.9 Å². The number of carboxylic acids is 1. The van der Waals surface area contributed by atoms with Crippen molar-refractivity contribution in [3.63, 3.8) is 0 Å². The van der Waals surface area contributed by atoms with E-state index in [-0.39, 0.29) is 17.8 Å². The summed E-state index contributed by atoms with van der Waals surface area (Å²) in [6.45, 7) is 5.51. The van der Waals surface area contributed by atoms with E-state index in [2.05, 4.69) is 5.32 Å². The Morgan fingerprint density at radius 2 is 2.11 bits per heavy atom. The third-order valence-corrected chi connectivity index (χ3v) is 2.40. The molecule has 0 aromatic carbocycles. The number of esters is 1. The third-order valence-electron chi connectivity index (χ3n) is 2.40. The topological polar surface area (TPSA) is 88.8 Å². The maximum Gasteiger partial charge on any atom is 0.371 e. The van der Waals surface area contributed by atoms with Gasteiger partial charge in [-0.25, -0.2) is 4.79 Å². The van der Waals surface area contributed by atoms with E-state index in [1.54, 1.807) is 26.8 Å². The lowest BCUT2D eigenvalue weighted by molar-refractivity contribution is -0.145. The van der Waals surface area contributed by atoms with Crippen LogP contribution in [0, 0.1) is 0 Å². The minimum Gasteiger partial charge on any atom is -0.475 e. The Hall–Kier alpha value is -1.82. The number of nitrogens with one attached hydrogen (secondary N) is 1. The van der Waals surface area contributed by atoms with Gasteiger partial charge in [-0.2, -0.15) is 0 Å². The molecule has 6 heteroatoms. The molecule has 0 saturated carbocycles. The molecule has 1 rings (SSSR count). The van der Waals surface area contributed by atoms with E-state index in [9.17, 15) is 9.59 Å². The Bertz CT molecular complexity index is 426. The molecular weight excluding hydrogens is 238 g/mol. The van der Waals surface area contributed by atoms with Gasteiger partial charge in [0.1, 0.15) is 11.8 Å². The minimum atomic E-state index is -1.12. The van der Waals surface area contributed by atoms with E-state index in [1.807, 2.05) is 0 Å². The number of carboxylic acid groups (broad SMARTS) is 1. The molecule has 0 radical (unpaired) electrons. The first-order valence-electron chi connectivity index (χ1n) is 5.71. The van der Waals surface area contributed by atoms with E-state index in [4.69, 9.17) is 14.3 Å². The second kappa shape index (κ2) is 6.20. The highest BCUT2D eigenvalue weighted by Crippen LogP contribution is 2.17. The molecule has 1 aromatic heterocycles. The van der Waals surface area contributed by atoms with Crippen molar-refractivity contribution >= 4 is 11.9 Å². The van der Waals surface area contributed by atoms with Gasteiger partial charge in [0.15, 0.2) is 0 Å². The standard InChI is InChI=1S/C12H17NO5/c1-4-17-12(16)8(3)13-7(2)9-5-6-10(18-9)11(14)15/h5-8,13H,4H2,1-3H3,(H,14,15). The van der Waals surface area contributed by atoms with Crippen LogP contribution in [0.2, 0.25) is 0 Å². The summed E-state index contributed by atoms with van der Waals surface area (Å²) >= 11 is 0. The first-order chi connectivity index (χ1) is 8.45. The molecule has 0 fully saturated rings. The van der Waals surface area contributed by atoms with Crippen molar-refractivity contribution in [1.82, 2.24) is 5.32 Å². The summed E-state index contributed by atoms with van der Waals surface area (Å²) < 4.78 is 9.99. The number of carbonyl (C=O) groups is 2. The van der Waals surface area contributed by atoms with Gasteiger partial charge in [0, 0.05) is 0 Å². The van der Waals surface area contributed by atoms with E-state index >= 15 is 0 Å². The molecule has 0 saturated heterocycles. The summed E-state index contributed by atoms with van der Waals surface area (Å²) in [5.41, 5.74) is 0. The van der Waals surface area contributed by atoms with Crippen molar-refractivity contribution in [3.05, 3.63) is 23.7 Å². The van der Waals surface area contributed by atoms with Crippen LogP contribution in [0.25, 0.3) is 0 Å². The van der Waals surface area contributed by atoms with Crippen LogP contribution in [0.15, 0.2) is 16.5 Å². The quantitative estimate of drug-likeness (QED) is 0.750. The fourth-order valence-electron chi connectivity index (χ4n) is 1.49. The number of carbonyl (C=O) groups excluding carboxylic acids is 1. The smallest absolute Gasteiger partial charge is 0.371 e. The Morgan fingerprint density at radius 3 is 2.61 bits per heavy atom. The zero-order valence-corrected chi connectivity index (χ0v) is 10.6. The summed E-state index contributed by atoms with van der Waals surface area (Å²) in [6.07, 6.45) is 0. The van der Waals surface area contributed by atoms with E-state index < -0.39 is 12.0 Å². The summed E-state index contributed by atoms with van der Waals surface area (Å²) in [7, 11) is 0. The molecule has 100 valence electrons. The largest absolute Gasteiger partial charge is 0.475 e. The van der Waals surface area contributed by atoms with Crippen LogP contribution in [0.3, 0.4) is 0 Å². The van der Waals surface area contributed by atoms with Crippen molar-refractivity contribution in [1.29, 1.82) is 0 Å². The fraction of sp³-hybridized carbons (Fsp3) is 0.500. The van der Waals surface area contributed by atoms with Crippen molar-refractivity contribution in [2.24, 2.45) is 0 Å². The molecule has 2 N–H and O–H groups in total. The van der Waals surface area contributed by atoms with Gasteiger partial charge in [-0.3, -0.25) is 10.1 Å². The number of rotatable bonds is 6. The van der Waals surface area contributed by atoms with Gasteiger partial charge in [-0.1, -0.05) is 0 Å². The molecule has 0 aliphatic carbocycles. The lowest BCUT2D eigenvalue weighted by Crippen LogP contribution is -2.36. The predicted octanol–water partition coefficient (Wildman–Crippen LogP) is 1.58. The zero-order chi connectivity index (χ0) is 13.7. The highest BCUT2D eigenvalue weighted by Gasteiger charge is 2.20. The summed E-state index contributed by atoms with van der Waals surface area (Å²) in [6, 6.07) is 2.18. The van der Waals surface area contributed by atoms with Crippen LogP contribution >= 0.6 is 0 Å². The number of aromatic carboxylic acids is 1. The zero-order valence-electron chi connectivity index (χ0n) is 10.6. The van der Waals surface area contributed by atoms with Gasteiger partial charge in [-0.15, -0.1) is 0 Å². The van der Waals surface area contributed by atoms with Gasteiger partial charge in [0.25, 0.3) is 0 Å². The Kier molecular flexibility index (Phi) is 4.91. The molecule has 0 amide bonds. The van der Waals surface area contributed by atoms with Crippen LogP contribution in [-0.2, 0) is 9.53 Å². The van der Waals surface area contributed by atoms with Crippen LogP contribution in [-0.4, -0.2) is 29.7 Å². The van der Waals surface area contributed by atoms with E-state index in [0.717, 1.165) is 0 Å². The molecule has 2 atom stereocenters. The first kappa shape index (κ1) is 14.2. The van der Waals surface area contributed by atoms with Gasteiger partial charge >= 0.3 is 11.9 Å². The van der Waals surface area contributed by atoms with Crippen LogP contribution in [0.4, 0.5) is 0 Å². The fourth-order valence-corrected chi connectivity index (χ4v) is 1.49. The van der Waals surface area contributed by atoms with Crippen LogP contribution < -0.4 is 5.32 Å². The van der Waals surface area contributed by atoms with Crippen LogP contribution in [0.5, 0.6) is 0 Å². The Morgan fingerprint density at radius 1 is 1.44 bits per heavy atom. The molecule has 0 aliphatic heterocycles. The van der Waals surface area contributed by atoms with Crippen molar-refractivity contribution in [2.75, 3.05) is 6.61 Å². The first-order valence-corrected chi connectivity index (χ1v) is 5.71. The maximum absolute atomic E-state index is 11.4. The van der Waals surface area contributed by atoms with Crippen molar-refractivity contribution in [3.8, 4) is 0 Å². The van der Waals surface area contributed by atoms with Crippen molar-refractivity contribution in [2.45, 2.75) is 32.9 Å². The number of ether oxygens (including phenoxy) is 1. The van der Waals surface area contributed by atoms with Gasteiger partial charge in [0.05, 0.1) is 12.6 Å². The second-order valence-corrected chi connectivity index (χ2v) is 3.87. The molecule has 0 spiro atoms. The highest BCUT2D eigenvalue weighted by atomic mass is 16.5. The molecule has 6 nitrogen and oxygen atoms in total. The molecule has 1 heterocycles. The van der Waals surface area contributed by atoms with Crippen LogP contribution in [0.1, 0.15) is 43.1 Å². The van der Waals surface area contributed by atoms with E-state index in [1.165, 1.54) is 6.07 Å². The average Bonchev–Trinajstić information content (AvgIpc) is 2.78. The second-order valence-electron chi connectivity index (χ2n) is 3.87. The monoisotopic (exact) mass is 255 g/mol. The lowest BCUT2D eigenvalue weighted by atomic mass is 10.2. The normalized spacial score (nSPS) is 13.9. The molecule has 0 bridgehead atoms. The SMILES string of the molecule is CCOC(=O)C(C)NC(C)c1ccc(C(=O)O)o1. The molecular formula is C12H17NO5. The van der Waals surface area contributed by atoms with Gasteiger partial charge in [0.2, 0.25) is 5.76 Å². The summed E-state index contributed by atoms with van der Waals surface area (Å²) in [4.78, 5) is 22.1. The molecule has 18 heavy (non-hydrogen) atoms. The van der Waals surface area contributed by atoms with Gasteiger partial charge < -0.3 is 14.3 Å². The Balaban J connectivity index is 2.61. The number of hydrogen-bond acceptors (Lipinski definition) is 5. The average molecular weight is 255 g/mol. The van der Waals surface area contributed by atoms with Crippen molar-refractivity contribution < 1.29 is 23.8 Å². The molecule has 0 aliphatic rings. The lowest BCUT2D eigenvalue weighted by Gasteiger charge is -2.16. The highest BCUT2D eigenvalue weighted by molar-refractivity contribution is 5.84. The minimum absolute atomic E-state index is 0.123. The predicted molar refractivity (Wildman–Crippen MR) is 63.3 cm³/mol. The molecule has 1 aromatic rings. The molecule has 2 unspecified atom stereocenters. The number of furan rings is 1. The third kappa shape index (κ3) is 3.59. The number of hydrogen-bond donors (Lipinski definition) is 2. The Labute approximate surface area is 105 Å². The summed E-state index contributed by atoms with van der Waals surface area (Å²) in [5, 5.41) is 11.7. The van der Waals surface area contributed by atoms with E-state index in [0.29, 0.717) is 12.4 Å².